The van der Waals surface area contributed by atoms with Gasteiger partial charge in [0.1, 0.15) is 11.3 Å². The van der Waals surface area contributed by atoms with Crippen LogP contribution in [0.25, 0.3) is 10.9 Å². The second kappa shape index (κ2) is 6.55. The van der Waals surface area contributed by atoms with E-state index in [1.807, 2.05) is 24.7 Å². The lowest BCUT2D eigenvalue weighted by Gasteiger charge is -2.13. The molecule has 2 N–H and O–H groups in total. The average Bonchev–Trinajstić information content (AvgIpc) is 2.91. The molecule has 0 saturated heterocycles. The van der Waals surface area contributed by atoms with E-state index in [0.29, 0.717) is 12.2 Å². The van der Waals surface area contributed by atoms with Gasteiger partial charge in [0.2, 0.25) is 0 Å². The maximum atomic E-state index is 11.3. The molecule has 0 unspecified atom stereocenters. The zero-order valence-corrected chi connectivity index (χ0v) is 14.7. The Kier molecular flexibility index (Phi) is 4.42. The van der Waals surface area contributed by atoms with Crippen LogP contribution >= 0.6 is 0 Å². The Morgan fingerprint density at radius 2 is 1.81 bits per heavy atom. The summed E-state index contributed by atoms with van der Waals surface area (Å²) in [6, 6.07) is 8.37. The molecule has 6 heteroatoms. The third-order valence-electron chi connectivity index (χ3n) is 4.65. The lowest BCUT2D eigenvalue weighted by molar-refractivity contribution is 0.0684. The predicted molar refractivity (Wildman–Crippen MR) is 97.4 cm³/mol. The lowest BCUT2D eigenvalue weighted by Crippen LogP contribution is -2.04. The first-order chi connectivity index (χ1) is 12.3. The first-order valence-corrected chi connectivity index (χ1v) is 8.04. The van der Waals surface area contributed by atoms with E-state index in [4.69, 9.17) is 4.74 Å². The SMILES string of the molecule is COc1c(C(=O)O)ccc(Cc2cn(C)c3ccc(C(=O)O)cc23)c1C. The van der Waals surface area contributed by atoms with Crippen LogP contribution in [-0.4, -0.2) is 33.8 Å². The summed E-state index contributed by atoms with van der Waals surface area (Å²) in [6.45, 7) is 1.83. The van der Waals surface area contributed by atoms with Crippen molar-refractivity contribution in [3.63, 3.8) is 0 Å². The largest absolute Gasteiger partial charge is 0.496 e. The fourth-order valence-electron chi connectivity index (χ4n) is 3.31. The third kappa shape index (κ3) is 2.90. The molecule has 0 radical (unpaired) electrons. The highest BCUT2D eigenvalue weighted by Crippen LogP contribution is 2.30. The second-order valence-corrected chi connectivity index (χ2v) is 6.21. The Morgan fingerprint density at radius 3 is 2.42 bits per heavy atom. The highest BCUT2D eigenvalue weighted by atomic mass is 16.5. The van der Waals surface area contributed by atoms with Gasteiger partial charge in [-0.2, -0.15) is 0 Å². The van der Waals surface area contributed by atoms with Gasteiger partial charge in [-0.05, 0) is 54.3 Å². The van der Waals surface area contributed by atoms with Crippen molar-refractivity contribution in [3.05, 3.63) is 64.3 Å². The Labute approximate surface area is 150 Å². The monoisotopic (exact) mass is 353 g/mol. The number of benzene rings is 2. The standard InChI is InChI=1S/C20H19NO5/c1-11-12(4-6-15(20(24)25)18(11)26-3)8-14-10-21(2)17-7-5-13(19(22)23)9-16(14)17/h4-7,9-10H,8H2,1-3H3,(H,22,23)(H,24,25). The molecule has 0 atom stereocenters. The van der Waals surface area contributed by atoms with Crippen LogP contribution in [0.5, 0.6) is 5.75 Å². The number of methoxy groups -OCH3 is 1. The molecule has 0 saturated carbocycles. The molecule has 26 heavy (non-hydrogen) atoms. The third-order valence-corrected chi connectivity index (χ3v) is 4.65. The predicted octanol–water partition coefficient (Wildman–Crippen LogP) is 3.48. The number of fused-ring (bicyclic) bond motifs is 1. The van der Waals surface area contributed by atoms with Crippen LogP contribution in [0.3, 0.4) is 0 Å². The van der Waals surface area contributed by atoms with Crippen LogP contribution in [-0.2, 0) is 13.5 Å². The summed E-state index contributed by atoms with van der Waals surface area (Å²) in [5.74, 6) is -1.65. The smallest absolute Gasteiger partial charge is 0.339 e. The summed E-state index contributed by atoms with van der Waals surface area (Å²) < 4.78 is 7.25. The van der Waals surface area contributed by atoms with Crippen LogP contribution in [0.2, 0.25) is 0 Å². The number of carboxylic acid groups (broad SMARTS) is 2. The minimum absolute atomic E-state index is 0.125. The number of hydrogen-bond acceptors (Lipinski definition) is 3. The maximum Gasteiger partial charge on any atom is 0.339 e. The number of ether oxygens (including phenoxy) is 1. The molecule has 0 fully saturated rings. The van der Waals surface area contributed by atoms with Gasteiger partial charge in [0.05, 0.1) is 12.7 Å². The topological polar surface area (TPSA) is 88.8 Å². The molecule has 3 aromatic rings. The molecule has 1 aromatic heterocycles. The van der Waals surface area contributed by atoms with Crippen molar-refractivity contribution < 1.29 is 24.5 Å². The maximum absolute atomic E-state index is 11.3. The van der Waals surface area contributed by atoms with E-state index < -0.39 is 11.9 Å². The fourth-order valence-corrected chi connectivity index (χ4v) is 3.31. The Balaban J connectivity index is 2.11. The summed E-state index contributed by atoms with van der Waals surface area (Å²) in [4.78, 5) is 22.6. The first-order valence-electron chi connectivity index (χ1n) is 8.04. The highest BCUT2D eigenvalue weighted by molar-refractivity contribution is 5.95. The van der Waals surface area contributed by atoms with Crippen molar-refractivity contribution in [2.75, 3.05) is 7.11 Å². The van der Waals surface area contributed by atoms with Crippen LogP contribution in [0.4, 0.5) is 0 Å². The summed E-state index contributed by atoms with van der Waals surface area (Å²) in [7, 11) is 3.36. The number of aromatic nitrogens is 1. The van der Waals surface area contributed by atoms with Crippen LogP contribution in [0, 0.1) is 6.92 Å². The van der Waals surface area contributed by atoms with Crippen molar-refractivity contribution in [2.24, 2.45) is 7.05 Å². The van der Waals surface area contributed by atoms with E-state index in [1.54, 1.807) is 24.3 Å². The summed E-state index contributed by atoms with van der Waals surface area (Å²) >= 11 is 0. The van der Waals surface area contributed by atoms with Crippen LogP contribution in [0.15, 0.2) is 36.5 Å². The number of aryl methyl sites for hydroxylation is 1. The minimum atomic E-state index is -1.03. The quantitative estimate of drug-likeness (QED) is 0.733. The van der Waals surface area contributed by atoms with E-state index in [9.17, 15) is 19.8 Å². The molecule has 0 aliphatic carbocycles. The van der Waals surface area contributed by atoms with Gasteiger partial charge in [0, 0.05) is 24.1 Å². The van der Waals surface area contributed by atoms with Crippen LogP contribution < -0.4 is 4.74 Å². The van der Waals surface area contributed by atoms with Crippen molar-refractivity contribution >= 4 is 22.8 Å². The summed E-state index contributed by atoms with van der Waals surface area (Å²) in [5.41, 5.74) is 3.97. The molecule has 0 bridgehead atoms. The fraction of sp³-hybridized carbons (Fsp3) is 0.200. The van der Waals surface area contributed by atoms with E-state index >= 15 is 0 Å². The average molecular weight is 353 g/mol. The zero-order valence-electron chi connectivity index (χ0n) is 14.7. The zero-order chi connectivity index (χ0) is 19.0. The van der Waals surface area contributed by atoms with Gasteiger partial charge in [-0.15, -0.1) is 0 Å². The van der Waals surface area contributed by atoms with E-state index in [1.165, 1.54) is 13.2 Å². The van der Waals surface area contributed by atoms with Gasteiger partial charge in [-0.25, -0.2) is 9.59 Å². The van der Waals surface area contributed by atoms with Gasteiger partial charge in [0.25, 0.3) is 0 Å². The second-order valence-electron chi connectivity index (χ2n) is 6.21. The number of hydrogen-bond donors (Lipinski definition) is 2. The van der Waals surface area contributed by atoms with Crippen molar-refractivity contribution in [2.45, 2.75) is 13.3 Å². The Morgan fingerprint density at radius 1 is 1.08 bits per heavy atom. The number of nitrogens with zero attached hydrogens (tertiary/aromatic N) is 1. The molecular formula is C20H19NO5. The molecule has 6 nitrogen and oxygen atoms in total. The van der Waals surface area contributed by atoms with Gasteiger partial charge >= 0.3 is 11.9 Å². The van der Waals surface area contributed by atoms with Crippen LogP contribution in [0.1, 0.15) is 37.4 Å². The highest BCUT2D eigenvalue weighted by Gasteiger charge is 2.17. The lowest BCUT2D eigenvalue weighted by atomic mass is 9.96. The minimum Gasteiger partial charge on any atom is -0.496 e. The summed E-state index contributed by atoms with van der Waals surface area (Å²) in [6.07, 6.45) is 2.51. The molecular weight excluding hydrogens is 334 g/mol. The first kappa shape index (κ1) is 17.5. The van der Waals surface area contributed by atoms with E-state index in [2.05, 4.69) is 0 Å². The van der Waals surface area contributed by atoms with E-state index in [-0.39, 0.29) is 11.1 Å². The molecule has 0 spiro atoms. The number of aromatic carboxylic acids is 2. The van der Waals surface area contributed by atoms with E-state index in [0.717, 1.165) is 27.6 Å². The molecule has 1 heterocycles. The molecule has 3 rings (SSSR count). The number of rotatable bonds is 5. The molecule has 134 valence electrons. The van der Waals surface area contributed by atoms with Gasteiger partial charge < -0.3 is 19.5 Å². The van der Waals surface area contributed by atoms with Crippen molar-refractivity contribution in [1.82, 2.24) is 4.57 Å². The molecule has 0 aliphatic rings. The van der Waals surface area contributed by atoms with Gasteiger partial charge in [-0.1, -0.05) is 6.07 Å². The van der Waals surface area contributed by atoms with Crippen molar-refractivity contribution in [1.29, 1.82) is 0 Å². The summed E-state index contributed by atoms with van der Waals surface area (Å²) in [5, 5.41) is 19.4. The Bertz CT molecular complexity index is 1030. The molecule has 2 aromatic carbocycles. The van der Waals surface area contributed by atoms with Crippen molar-refractivity contribution in [3.8, 4) is 5.75 Å². The number of carboxylic acids is 2. The normalized spacial score (nSPS) is 10.9. The molecule has 0 aliphatic heterocycles. The van der Waals surface area contributed by atoms with Gasteiger partial charge in [0.15, 0.2) is 0 Å². The Hall–Kier alpha value is -3.28. The number of carbonyl (C=O) groups is 2. The molecule has 0 amide bonds. The van der Waals surface area contributed by atoms with Gasteiger partial charge in [-0.3, -0.25) is 0 Å².